The average molecular weight is 709 g/mol. The van der Waals surface area contributed by atoms with Crippen molar-refractivity contribution in [2.75, 3.05) is 13.2 Å². The third-order valence-electron chi connectivity index (χ3n) is 10.1. The molecule has 296 valence electrons. The van der Waals surface area contributed by atoms with Gasteiger partial charge in [0.05, 0.1) is 0 Å². The van der Waals surface area contributed by atoms with Gasteiger partial charge in [0.25, 0.3) is 0 Å². The summed E-state index contributed by atoms with van der Waals surface area (Å²) in [4.78, 5) is 37.6. The quantitative estimate of drug-likeness (QED) is 0.0361. The van der Waals surface area contributed by atoms with Crippen molar-refractivity contribution in [2.45, 2.75) is 240 Å². The van der Waals surface area contributed by atoms with Crippen LogP contribution in [0.4, 0.5) is 0 Å². The monoisotopic (exact) mass is 709 g/mol. The highest BCUT2D eigenvalue weighted by molar-refractivity contribution is 5.71. The zero-order valence-corrected chi connectivity index (χ0v) is 34.0. The van der Waals surface area contributed by atoms with Gasteiger partial charge in [0, 0.05) is 19.3 Å². The molecule has 6 heteroatoms. The van der Waals surface area contributed by atoms with Crippen LogP contribution in [0.25, 0.3) is 0 Å². The van der Waals surface area contributed by atoms with Crippen molar-refractivity contribution in [1.82, 2.24) is 0 Å². The zero-order chi connectivity index (χ0) is 36.9. The van der Waals surface area contributed by atoms with E-state index < -0.39 is 6.10 Å². The Morgan fingerprint density at radius 3 is 1.14 bits per heavy atom. The molecular formula is C44H84O6. The van der Waals surface area contributed by atoms with E-state index in [9.17, 15) is 14.4 Å². The molecule has 0 amide bonds. The molecule has 6 nitrogen and oxygen atoms in total. The van der Waals surface area contributed by atoms with Crippen LogP contribution in [0.3, 0.4) is 0 Å². The molecule has 0 rings (SSSR count). The summed E-state index contributed by atoms with van der Waals surface area (Å²) in [5, 5.41) is 0. The molecule has 0 bridgehead atoms. The van der Waals surface area contributed by atoms with Gasteiger partial charge in [-0.15, -0.1) is 0 Å². The number of hydrogen-bond acceptors (Lipinski definition) is 6. The first-order valence-corrected chi connectivity index (χ1v) is 21.8. The second kappa shape index (κ2) is 37.2. The minimum atomic E-state index is -0.760. The number of esters is 3. The van der Waals surface area contributed by atoms with E-state index in [1.165, 1.54) is 122 Å². The predicted molar refractivity (Wildman–Crippen MR) is 210 cm³/mol. The Morgan fingerprint density at radius 1 is 0.420 bits per heavy atom. The Bertz CT molecular complexity index is 766. The number of carbonyl (C=O) groups is 3. The van der Waals surface area contributed by atoms with E-state index in [0.717, 1.165) is 69.6 Å². The maximum Gasteiger partial charge on any atom is 0.306 e. The SMILES string of the molecule is CCCCCCCCCCCC(=O)OC[C@H](COC(=O)CCCCCCCCCCCCC(C)C)OC(=O)CCCCCCCCC(C)CC. The number of unbranched alkanes of at least 4 members (excludes halogenated alkanes) is 22. The molecule has 1 unspecified atom stereocenters. The first kappa shape index (κ1) is 48.4. The number of rotatable bonds is 38. The van der Waals surface area contributed by atoms with Gasteiger partial charge in [-0.05, 0) is 31.1 Å². The second-order valence-electron chi connectivity index (χ2n) is 15.7. The highest BCUT2D eigenvalue weighted by Gasteiger charge is 2.19. The lowest BCUT2D eigenvalue weighted by atomic mass is 10.00. The van der Waals surface area contributed by atoms with Gasteiger partial charge in [0.2, 0.25) is 0 Å². The van der Waals surface area contributed by atoms with Crippen molar-refractivity contribution < 1.29 is 28.6 Å². The van der Waals surface area contributed by atoms with E-state index in [4.69, 9.17) is 14.2 Å². The fourth-order valence-corrected chi connectivity index (χ4v) is 6.37. The Kier molecular flexibility index (Phi) is 36.0. The summed E-state index contributed by atoms with van der Waals surface area (Å²) in [7, 11) is 0. The fraction of sp³-hybridized carbons (Fsp3) is 0.932. The van der Waals surface area contributed by atoms with Crippen LogP contribution in [0, 0.1) is 11.8 Å². The second-order valence-corrected chi connectivity index (χ2v) is 15.7. The Balaban J connectivity index is 4.33. The molecule has 0 aliphatic rings. The highest BCUT2D eigenvalue weighted by atomic mass is 16.6. The van der Waals surface area contributed by atoms with Crippen LogP contribution in [0.5, 0.6) is 0 Å². The molecule has 0 saturated heterocycles. The van der Waals surface area contributed by atoms with Gasteiger partial charge in [-0.25, -0.2) is 0 Å². The molecule has 0 aromatic heterocycles. The number of hydrogen-bond donors (Lipinski definition) is 0. The van der Waals surface area contributed by atoms with Crippen LogP contribution >= 0.6 is 0 Å². The molecule has 0 aliphatic carbocycles. The predicted octanol–water partition coefficient (Wildman–Crippen LogP) is 13.4. The van der Waals surface area contributed by atoms with Gasteiger partial charge in [-0.2, -0.15) is 0 Å². The smallest absolute Gasteiger partial charge is 0.306 e. The minimum absolute atomic E-state index is 0.0662. The van der Waals surface area contributed by atoms with Crippen LogP contribution in [-0.4, -0.2) is 37.2 Å². The van der Waals surface area contributed by atoms with E-state index in [1.54, 1.807) is 0 Å². The summed E-state index contributed by atoms with van der Waals surface area (Å²) >= 11 is 0. The van der Waals surface area contributed by atoms with Crippen molar-refractivity contribution in [3.8, 4) is 0 Å². The Hall–Kier alpha value is -1.59. The normalized spacial score (nSPS) is 12.6. The Labute approximate surface area is 310 Å². The van der Waals surface area contributed by atoms with Crippen LogP contribution in [0.15, 0.2) is 0 Å². The molecule has 0 fully saturated rings. The lowest BCUT2D eigenvalue weighted by molar-refractivity contribution is -0.167. The molecule has 0 aromatic carbocycles. The summed E-state index contributed by atoms with van der Waals surface area (Å²) < 4.78 is 16.7. The van der Waals surface area contributed by atoms with Crippen LogP contribution < -0.4 is 0 Å². The molecule has 0 spiro atoms. The first-order valence-electron chi connectivity index (χ1n) is 21.8. The lowest BCUT2D eigenvalue weighted by Gasteiger charge is -2.18. The first-order chi connectivity index (χ1) is 24.3. The third kappa shape index (κ3) is 36.2. The summed E-state index contributed by atoms with van der Waals surface area (Å²) in [6.07, 6.45) is 33.8. The van der Waals surface area contributed by atoms with E-state index >= 15 is 0 Å². The molecule has 0 N–H and O–H groups in total. The molecule has 2 atom stereocenters. The summed E-state index contributed by atoms with van der Waals surface area (Å²) in [5.74, 6) is 0.762. The van der Waals surface area contributed by atoms with Gasteiger partial charge in [0.15, 0.2) is 6.10 Å². The van der Waals surface area contributed by atoms with E-state index in [1.807, 2.05) is 0 Å². The van der Waals surface area contributed by atoms with Crippen molar-refractivity contribution in [1.29, 1.82) is 0 Å². The molecule has 0 aliphatic heterocycles. The number of carbonyl (C=O) groups excluding carboxylic acids is 3. The molecular weight excluding hydrogens is 624 g/mol. The van der Waals surface area contributed by atoms with Crippen LogP contribution in [-0.2, 0) is 28.6 Å². The topological polar surface area (TPSA) is 78.9 Å². The fourth-order valence-electron chi connectivity index (χ4n) is 6.37. The lowest BCUT2D eigenvalue weighted by Crippen LogP contribution is -2.30. The van der Waals surface area contributed by atoms with Gasteiger partial charge < -0.3 is 14.2 Å². The maximum absolute atomic E-state index is 12.6. The van der Waals surface area contributed by atoms with E-state index in [0.29, 0.717) is 19.3 Å². The van der Waals surface area contributed by atoms with E-state index in [2.05, 4.69) is 34.6 Å². The summed E-state index contributed by atoms with van der Waals surface area (Å²) in [6.45, 7) is 11.3. The van der Waals surface area contributed by atoms with Crippen LogP contribution in [0.2, 0.25) is 0 Å². The molecule has 50 heavy (non-hydrogen) atoms. The third-order valence-corrected chi connectivity index (χ3v) is 10.1. The largest absolute Gasteiger partial charge is 0.462 e. The maximum atomic E-state index is 12.6. The van der Waals surface area contributed by atoms with E-state index in [-0.39, 0.29) is 31.1 Å². The summed E-state index contributed by atoms with van der Waals surface area (Å²) in [5.41, 5.74) is 0. The molecule has 0 aromatic rings. The van der Waals surface area contributed by atoms with Crippen molar-refractivity contribution in [2.24, 2.45) is 11.8 Å². The molecule has 0 saturated carbocycles. The molecule has 0 heterocycles. The highest BCUT2D eigenvalue weighted by Crippen LogP contribution is 2.16. The van der Waals surface area contributed by atoms with Gasteiger partial charge >= 0.3 is 17.9 Å². The van der Waals surface area contributed by atoms with Crippen LogP contribution in [0.1, 0.15) is 234 Å². The molecule has 0 radical (unpaired) electrons. The number of ether oxygens (including phenoxy) is 3. The minimum Gasteiger partial charge on any atom is -0.462 e. The zero-order valence-electron chi connectivity index (χ0n) is 34.0. The van der Waals surface area contributed by atoms with Crippen molar-refractivity contribution >= 4 is 17.9 Å². The van der Waals surface area contributed by atoms with Gasteiger partial charge in [-0.1, -0.05) is 195 Å². The van der Waals surface area contributed by atoms with Crippen molar-refractivity contribution in [3.63, 3.8) is 0 Å². The Morgan fingerprint density at radius 2 is 0.760 bits per heavy atom. The average Bonchev–Trinajstić information content (AvgIpc) is 3.09. The van der Waals surface area contributed by atoms with Gasteiger partial charge in [0.1, 0.15) is 13.2 Å². The van der Waals surface area contributed by atoms with Gasteiger partial charge in [-0.3, -0.25) is 14.4 Å². The standard InChI is InChI=1S/C44H84O6/c1-6-8-9-10-11-14-18-24-29-34-42(45)48-37-41(50-44(47)36-31-26-21-20-23-28-33-40(5)7-2)38-49-43(46)35-30-25-19-16-13-12-15-17-22-27-32-39(3)4/h39-41H,6-38H2,1-5H3/t40?,41-/m1/s1. The van der Waals surface area contributed by atoms with Crippen molar-refractivity contribution in [3.05, 3.63) is 0 Å². The summed E-state index contributed by atoms with van der Waals surface area (Å²) in [6, 6.07) is 0.